The smallest absolute Gasteiger partial charge is 0.122 e. The van der Waals surface area contributed by atoms with Gasteiger partial charge in [-0.05, 0) is 97.8 Å². The minimum absolute atomic E-state index is 0.189. The van der Waals surface area contributed by atoms with E-state index in [1.807, 2.05) is 13.0 Å². The third-order valence-electron chi connectivity index (χ3n) is 5.19. The molecule has 0 aliphatic rings. The molecule has 0 bridgehead atoms. The number of allylic oxidation sites excluding steroid dienone is 7. The Morgan fingerprint density at radius 1 is 0.967 bits per heavy atom. The van der Waals surface area contributed by atoms with E-state index in [1.54, 1.807) is 19.1 Å². The molecule has 0 spiro atoms. The standard InChI is InChI=1S/C27H40O3/c1-20(2)10-8-16-27(6,30)17-9-13-21(3)11-7-12-22(4)14-15-24-19-25(28)18-23(5)26(24)29/h9-11,14,17-19,28-30H,7-8,12-13,15-16H2,1-6H3/t27-/m0/s1. The zero-order valence-electron chi connectivity index (χ0n) is 19.6. The molecule has 3 N–H and O–H groups in total. The van der Waals surface area contributed by atoms with Crippen molar-refractivity contribution >= 4 is 0 Å². The molecule has 3 nitrogen and oxygen atoms in total. The highest BCUT2D eigenvalue weighted by molar-refractivity contribution is 5.46. The third-order valence-corrected chi connectivity index (χ3v) is 5.19. The number of aromatic hydroxyl groups is 2. The number of hydrogen-bond donors (Lipinski definition) is 3. The number of rotatable bonds is 11. The monoisotopic (exact) mass is 412 g/mol. The lowest BCUT2D eigenvalue weighted by molar-refractivity contribution is 0.103. The average Bonchev–Trinajstić information content (AvgIpc) is 2.62. The molecule has 0 saturated carbocycles. The van der Waals surface area contributed by atoms with Crippen molar-refractivity contribution in [1.29, 1.82) is 0 Å². The van der Waals surface area contributed by atoms with E-state index in [2.05, 4.69) is 52.0 Å². The summed E-state index contributed by atoms with van der Waals surface area (Å²) in [5.74, 6) is 0.449. The number of benzene rings is 1. The van der Waals surface area contributed by atoms with E-state index in [9.17, 15) is 15.3 Å². The minimum atomic E-state index is -0.763. The highest BCUT2D eigenvalue weighted by Crippen LogP contribution is 2.28. The quantitative estimate of drug-likeness (QED) is 0.269. The second kappa shape index (κ2) is 12.4. The summed E-state index contributed by atoms with van der Waals surface area (Å²) in [6.45, 7) is 12.0. The number of phenolic OH excluding ortho intramolecular Hbond substituents is 2. The van der Waals surface area contributed by atoms with Gasteiger partial charge in [-0.2, -0.15) is 0 Å². The van der Waals surface area contributed by atoms with Gasteiger partial charge in [0, 0.05) is 5.56 Å². The van der Waals surface area contributed by atoms with Gasteiger partial charge in [-0.15, -0.1) is 0 Å². The molecule has 1 rings (SSSR count). The Morgan fingerprint density at radius 3 is 2.33 bits per heavy atom. The van der Waals surface area contributed by atoms with Gasteiger partial charge in [-0.25, -0.2) is 0 Å². The lowest BCUT2D eigenvalue weighted by atomic mass is 9.98. The number of phenols is 2. The van der Waals surface area contributed by atoms with Crippen molar-refractivity contribution < 1.29 is 15.3 Å². The molecule has 1 atom stereocenters. The summed E-state index contributed by atoms with van der Waals surface area (Å²) in [6.07, 6.45) is 15.5. The van der Waals surface area contributed by atoms with E-state index < -0.39 is 5.60 Å². The van der Waals surface area contributed by atoms with Gasteiger partial charge in [0.25, 0.3) is 0 Å². The third kappa shape index (κ3) is 10.5. The van der Waals surface area contributed by atoms with Crippen molar-refractivity contribution in [1.82, 2.24) is 0 Å². The molecule has 0 saturated heterocycles. The Balaban J connectivity index is 2.47. The van der Waals surface area contributed by atoms with E-state index in [0.29, 0.717) is 12.0 Å². The van der Waals surface area contributed by atoms with Crippen LogP contribution in [0.5, 0.6) is 11.5 Å². The number of aliphatic hydroxyl groups is 1. The lowest BCUT2D eigenvalue weighted by Gasteiger charge is -2.18. The fraction of sp³-hybridized carbons (Fsp3) is 0.481. The van der Waals surface area contributed by atoms with Gasteiger partial charge in [0.2, 0.25) is 0 Å². The fourth-order valence-corrected chi connectivity index (χ4v) is 3.24. The summed E-state index contributed by atoms with van der Waals surface area (Å²) >= 11 is 0. The van der Waals surface area contributed by atoms with Crippen LogP contribution >= 0.6 is 0 Å². The molecule has 166 valence electrons. The average molecular weight is 413 g/mol. The van der Waals surface area contributed by atoms with Crippen LogP contribution in [0.15, 0.2) is 59.2 Å². The molecule has 3 heteroatoms. The summed E-state index contributed by atoms with van der Waals surface area (Å²) in [4.78, 5) is 0. The van der Waals surface area contributed by atoms with Crippen LogP contribution in [0.2, 0.25) is 0 Å². The maximum absolute atomic E-state index is 10.4. The van der Waals surface area contributed by atoms with Crippen LogP contribution in [-0.2, 0) is 6.42 Å². The molecule has 0 radical (unpaired) electrons. The van der Waals surface area contributed by atoms with Gasteiger partial charge >= 0.3 is 0 Å². The predicted octanol–water partition coefficient (Wildman–Crippen LogP) is 7.07. The molecular formula is C27H40O3. The maximum atomic E-state index is 10.4. The molecule has 0 aromatic heterocycles. The van der Waals surface area contributed by atoms with Crippen molar-refractivity contribution in [3.63, 3.8) is 0 Å². The Morgan fingerprint density at radius 2 is 1.67 bits per heavy atom. The van der Waals surface area contributed by atoms with E-state index in [1.165, 1.54) is 16.7 Å². The van der Waals surface area contributed by atoms with Crippen LogP contribution in [0, 0.1) is 6.92 Å². The van der Waals surface area contributed by atoms with Crippen LogP contribution in [0.4, 0.5) is 0 Å². The van der Waals surface area contributed by atoms with E-state index in [4.69, 9.17) is 0 Å². The second-order valence-electron chi connectivity index (χ2n) is 8.90. The Labute approximate surface area is 183 Å². The SMILES string of the molecule is CC(C)=CCC[C@](C)(O)C=CCC(C)=CCCC(C)=CCc1cc(O)cc(C)c1O. The lowest BCUT2D eigenvalue weighted by Crippen LogP contribution is -2.19. The number of hydrogen-bond acceptors (Lipinski definition) is 3. The van der Waals surface area contributed by atoms with Gasteiger partial charge in [0.15, 0.2) is 0 Å². The summed E-state index contributed by atoms with van der Waals surface area (Å²) in [7, 11) is 0. The molecule has 1 aromatic rings. The van der Waals surface area contributed by atoms with Gasteiger partial charge in [0.05, 0.1) is 5.60 Å². The van der Waals surface area contributed by atoms with Crippen LogP contribution in [0.1, 0.15) is 77.8 Å². The Hall–Kier alpha value is -2.26. The normalized spacial score (nSPS) is 14.8. The van der Waals surface area contributed by atoms with Crippen molar-refractivity contribution in [2.24, 2.45) is 0 Å². The van der Waals surface area contributed by atoms with Crippen LogP contribution < -0.4 is 0 Å². The molecule has 0 aliphatic heterocycles. The molecule has 0 amide bonds. The molecule has 30 heavy (non-hydrogen) atoms. The Kier molecular flexibility index (Phi) is 10.7. The summed E-state index contributed by atoms with van der Waals surface area (Å²) < 4.78 is 0. The highest BCUT2D eigenvalue weighted by atomic mass is 16.3. The van der Waals surface area contributed by atoms with Gasteiger partial charge in [0.1, 0.15) is 11.5 Å². The van der Waals surface area contributed by atoms with E-state index in [-0.39, 0.29) is 11.5 Å². The van der Waals surface area contributed by atoms with Crippen LogP contribution in [-0.4, -0.2) is 20.9 Å². The zero-order chi connectivity index (χ0) is 22.7. The van der Waals surface area contributed by atoms with Gasteiger partial charge < -0.3 is 15.3 Å². The Bertz CT molecular complexity index is 804. The molecule has 0 heterocycles. The van der Waals surface area contributed by atoms with Crippen molar-refractivity contribution in [3.8, 4) is 11.5 Å². The summed E-state index contributed by atoms with van der Waals surface area (Å²) in [5.41, 5.74) is 4.52. The number of aryl methyl sites for hydroxylation is 1. The molecule has 0 aliphatic carbocycles. The zero-order valence-corrected chi connectivity index (χ0v) is 19.6. The van der Waals surface area contributed by atoms with Crippen molar-refractivity contribution in [2.75, 3.05) is 0 Å². The first kappa shape index (κ1) is 25.8. The largest absolute Gasteiger partial charge is 0.508 e. The molecule has 0 unspecified atom stereocenters. The van der Waals surface area contributed by atoms with Crippen LogP contribution in [0.25, 0.3) is 0 Å². The van der Waals surface area contributed by atoms with Gasteiger partial charge in [-0.3, -0.25) is 0 Å². The van der Waals surface area contributed by atoms with Crippen molar-refractivity contribution in [2.45, 2.75) is 85.7 Å². The topological polar surface area (TPSA) is 60.7 Å². The molecule has 0 fully saturated rings. The predicted molar refractivity (Wildman–Crippen MR) is 128 cm³/mol. The van der Waals surface area contributed by atoms with E-state index in [0.717, 1.165) is 37.7 Å². The first-order valence-electron chi connectivity index (χ1n) is 10.9. The first-order chi connectivity index (χ1) is 14.0. The summed E-state index contributed by atoms with van der Waals surface area (Å²) in [5, 5.41) is 30.2. The first-order valence-corrected chi connectivity index (χ1v) is 10.9. The van der Waals surface area contributed by atoms with Gasteiger partial charge in [-0.1, -0.05) is 47.1 Å². The highest BCUT2D eigenvalue weighted by Gasteiger charge is 2.14. The minimum Gasteiger partial charge on any atom is -0.508 e. The maximum Gasteiger partial charge on any atom is 0.122 e. The van der Waals surface area contributed by atoms with Crippen molar-refractivity contribution in [3.05, 3.63) is 70.4 Å². The van der Waals surface area contributed by atoms with Crippen LogP contribution in [0.3, 0.4) is 0 Å². The molecule has 1 aromatic carbocycles. The van der Waals surface area contributed by atoms with E-state index >= 15 is 0 Å². The fourth-order valence-electron chi connectivity index (χ4n) is 3.24. The second-order valence-corrected chi connectivity index (χ2v) is 8.90. The molecular weight excluding hydrogens is 372 g/mol. The summed E-state index contributed by atoms with van der Waals surface area (Å²) in [6, 6.07) is 3.19.